The lowest BCUT2D eigenvalue weighted by Gasteiger charge is -2.16. The summed E-state index contributed by atoms with van der Waals surface area (Å²) in [7, 11) is -3.11. The molecule has 1 aromatic rings. The molecule has 1 saturated carbocycles. The van der Waals surface area contributed by atoms with Gasteiger partial charge in [-0.25, -0.2) is 8.42 Å². The van der Waals surface area contributed by atoms with E-state index in [9.17, 15) is 8.42 Å². The third kappa shape index (κ3) is 1.21. The highest BCUT2D eigenvalue weighted by molar-refractivity contribution is 7.92. The molecule has 0 amide bonds. The molecule has 3 nitrogen and oxygen atoms in total. The van der Waals surface area contributed by atoms with Gasteiger partial charge in [0.2, 0.25) is 10.0 Å². The molecule has 0 unspecified atom stereocenters. The quantitative estimate of drug-likeness (QED) is 0.723. The highest BCUT2D eigenvalue weighted by Crippen LogP contribution is 2.56. The third-order valence-corrected chi connectivity index (χ3v) is 4.57. The van der Waals surface area contributed by atoms with Crippen molar-refractivity contribution < 1.29 is 8.42 Å². The van der Waals surface area contributed by atoms with Crippen LogP contribution in [0.4, 0.5) is 5.69 Å². The fourth-order valence-corrected chi connectivity index (χ4v) is 3.46. The minimum absolute atomic E-state index is 0.152. The molecule has 80 valence electrons. The molecule has 15 heavy (non-hydrogen) atoms. The van der Waals surface area contributed by atoms with Crippen LogP contribution in [0.5, 0.6) is 0 Å². The Morgan fingerprint density at radius 1 is 1.27 bits per heavy atom. The second-order valence-corrected chi connectivity index (χ2v) is 6.47. The SMILES string of the molecule is CS(=O)(=O)N1CC2(CC2)c2ccccc21. The summed E-state index contributed by atoms with van der Waals surface area (Å²) in [5.74, 6) is 0. The molecule has 1 aliphatic carbocycles. The molecule has 0 aromatic heterocycles. The monoisotopic (exact) mass is 223 g/mol. The van der Waals surface area contributed by atoms with Crippen LogP contribution in [0.25, 0.3) is 0 Å². The fraction of sp³-hybridized carbons (Fsp3) is 0.455. The van der Waals surface area contributed by atoms with Crippen molar-refractivity contribution in [2.45, 2.75) is 18.3 Å². The van der Waals surface area contributed by atoms with E-state index in [2.05, 4.69) is 6.07 Å². The highest BCUT2D eigenvalue weighted by Gasteiger charge is 2.53. The van der Waals surface area contributed by atoms with Crippen LogP contribution >= 0.6 is 0 Å². The molecule has 1 aromatic carbocycles. The van der Waals surface area contributed by atoms with Crippen molar-refractivity contribution in [2.75, 3.05) is 17.1 Å². The predicted molar refractivity (Wildman–Crippen MR) is 59.5 cm³/mol. The summed E-state index contributed by atoms with van der Waals surface area (Å²) in [4.78, 5) is 0. The number of rotatable bonds is 1. The molecule has 1 heterocycles. The smallest absolute Gasteiger partial charge is 0.232 e. The van der Waals surface area contributed by atoms with Crippen LogP contribution in [0.1, 0.15) is 18.4 Å². The molecular formula is C11H13NO2S. The van der Waals surface area contributed by atoms with Gasteiger partial charge in [-0.15, -0.1) is 0 Å². The van der Waals surface area contributed by atoms with Crippen molar-refractivity contribution in [1.29, 1.82) is 0 Å². The molecule has 3 rings (SSSR count). The second kappa shape index (κ2) is 2.55. The fourth-order valence-electron chi connectivity index (χ4n) is 2.46. The molecule has 0 radical (unpaired) electrons. The van der Waals surface area contributed by atoms with Crippen LogP contribution in [0, 0.1) is 0 Å². The number of hydrogen-bond donors (Lipinski definition) is 0. The molecule has 0 atom stereocenters. The minimum atomic E-state index is -3.11. The van der Waals surface area contributed by atoms with Gasteiger partial charge in [-0.3, -0.25) is 4.31 Å². The van der Waals surface area contributed by atoms with E-state index in [-0.39, 0.29) is 5.41 Å². The van der Waals surface area contributed by atoms with Gasteiger partial charge in [0.05, 0.1) is 11.9 Å². The average Bonchev–Trinajstić information content (AvgIpc) is 2.84. The first-order valence-corrected chi connectivity index (χ1v) is 6.95. The maximum atomic E-state index is 11.6. The van der Waals surface area contributed by atoms with Crippen molar-refractivity contribution in [1.82, 2.24) is 0 Å². The molecular weight excluding hydrogens is 210 g/mol. The highest BCUT2D eigenvalue weighted by atomic mass is 32.2. The van der Waals surface area contributed by atoms with Gasteiger partial charge >= 0.3 is 0 Å². The van der Waals surface area contributed by atoms with Crippen LogP contribution in [0.15, 0.2) is 24.3 Å². The van der Waals surface area contributed by atoms with E-state index < -0.39 is 10.0 Å². The van der Waals surface area contributed by atoms with Gasteiger partial charge in [0.25, 0.3) is 0 Å². The summed E-state index contributed by atoms with van der Waals surface area (Å²) in [5.41, 5.74) is 2.26. The number of para-hydroxylation sites is 1. The summed E-state index contributed by atoms with van der Waals surface area (Å²) in [6.07, 6.45) is 3.53. The third-order valence-electron chi connectivity index (χ3n) is 3.44. The lowest BCUT2D eigenvalue weighted by molar-refractivity contribution is 0.594. The van der Waals surface area contributed by atoms with Crippen molar-refractivity contribution in [3.63, 3.8) is 0 Å². The number of benzene rings is 1. The van der Waals surface area contributed by atoms with Crippen molar-refractivity contribution in [3.8, 4) is 0 Å². The summed E-state index contributed by atoms with van der Waals surface area (Å²) in [6.45, 7) is 0.644. The average molecular weight is 223 g/mol. The zero-order chi connectivity index (χ0) is 10.7. The zero-order valence-corrected chi connectivity index (χ0v) is 9.42. The van der Waals surface area contributed by atoms with Gasteiger partial charge in [0.15, 0.2) is 0 Å². The Hall–Kier alpha value is -1.03. The second-order valence-electron chi connectivity index (χ2n) is 4.57. The summed E-state index contributed by atoms with van der Waals surface area (Å²) in [6, 6.07) is 7.86. The van der Waals surface area contributed by atoms with Gasteiger partial charge in [0.1, 0.15) is 0 Å². The standard InChI is InChI=1S/C11H13NO2S/c1-15(13,14)12-8-11(6-7-11)9-4-2-3-5-10(9)12/h2-5H,6-8H2,1H3. The molecule has 0 saturated heterocycles. The van der Waals surface area contributed by atoms with E-state index in [0.717, 1.165) is 18.5 Å². The van der Waals surface area contributed by atoms with Crippen molar-refractivity contribution in [2.24, 2.45) is 0 Å². The van der Waals surface area contributed by atoms with E-state index >= 15 is 0 Å². The first-order valence-electron chi connectivity index (χ1n) is 5.10. The molecule has 2 aliphatic rings. The van der Waals surface area contributed by atoms with Crippen molar-refractivity contribution >= 4 is 15.7 Å². The topological polar surface area (TPSA) is 37.4 Å². The van der Waals surface area contributed by atoms with Gasteiger partial charge in [0, 0.05) is 12.0 Å². The van der Waals surface area contributed by atoms with Crippen LogP contribution in [0.3, 0.4) is 0 Å². The van der Waals surface area contributed by atoms with Crippen LogP contribution < -0.4 is 4.31 Å². The summed E-state index contributed by atoms with van der Waals surface area (Å²) >= 11 is 0. The first kappa shape index (κ1) is 9.21. The normalized spacial score (nSPS) is 21.8. The van der Waals surface area contributed by atoms with Crippen LogP contribution in [-0.4, -0.2) is 21.2 Å². The molecule has 4 heteroatoms. The molecule has 0 N–H and O–H groups in total. The van der Waals surface area contributed by atoms with Gasteiger partial charge in [-0.1, -0.05) is 18.2 Å². The minimum Gasteiger partial charge on any atom is -0.269 e. The Bertz CT molecular complexity index is 517. The summed E-state index contributed by atoms with van der Waals surface area (Å²) < 4.78 is 24.8. The van der Waals surface area contributed by atoms with E-state index in [4.69, 9.17) is 0 Å². The number of fused-ring (bicyclic) bond motifs is 2. The Morgan fingerprint density at radius 2 is 1.93 bits per heavy atom. The Kier molecular flexibility index (Phi) is 1.57. The number of nitrogens with zero attached hydrogens (tertiary/aromatic N) is 1. The maximum absolute atomic E-state index is 11.6. The Balaban J connectivity index is 2.19. The Morgan fingerprint density at radius 3 is 2.53 bits per heavy atom. The largest absolute Gasteiger partial charge is 0.269 e. The lowest BCUT2D eigenvalue weighted by atomic mass is 9.99. The van der Waals surface area contributed by atoms with Crippen LogP contribution in [-0.2, 0) is 15.4 Å². The van der Waals surface area contributed by atoms with Gasteiger partial charge in [-0.2, -0.15) is 0 Å². The van der Waals surface area contributed by atoms with E-state index in [1.807, 2.05) is 18.2 Å². The predicted octanol–water partition coefficient (Wildman–Crippen LogP) is 1.50. The molecule has 1 fully saturated rings. The molecule has 1 spiro atoms. The van der Waals surface area contributed by atoms with E-state index in [0.29, 0.717) is 6.54 Å². The van der Waals surface area contributed by atoms with Crippen molar-refractivity contribution in [3.05, 3.63) is 29.8 Å². The number of sulfonamides is 1. The van der Waals surface area contributed by atoms with Gasteiger partial charge in [-0.05, 0) is 24.5 Å². The maximum Gasteiger partial charge on any atom is 0.232 e. The van der Waals surface area contributed by atoms with Gasteiger partial charge < -0.3 is 0 Å². The summed E-state index contributed by atoms with van der Waals surface area (Å²) in [5, 5.41) is 0. The molecule has 0 bridgehead atoms. The van der Waals surface area contributed by atoms with Crippen LogP contribution in [0.2, 0.25) is 0 Å². The molecule has 1 aliphatic heterocycles. The number of anilines is 1. The number of hydrogen-bond acceptors (Lipinski definition) is 2. The lowest BCUT2D eigenvalue weighted by Crippen LogP contribution is -2.30. The first-order chi connectivity index (χ1) is 7.03. The Labute approximate surface area is 89.8 Å². The van der Waals surface area contributed by atoms with E-state index in [1.165, 1.54) is 11.8 Å². The van der Waals surface area contributed by atoms with E-state index in [1.54, 1.807) is 4.31 Å². The zero-order valence-electron chi connectivity index (χ0n) is 8.60.